The lowest BCUT2D eigenvalue weighted by Crippen LogP contribution is -2.37. The zero-order valence-electron chi connectivity index (χ0n) is 10.1. The number of fused-ring (bicyclic) bond motifs is 1. The van der Waals surface area contributed by atoms with Gasteiger partial charge in [0, 0.05) is 18.5 Å². The van der Waals surface area contributed by atoms with E-state index in [1.807, 2.05) is 12.1 Å². The zero-order valence-corrected chi connectivity index (χ0v) is 10.9. The number of aromatic nitrogens is 1. The van der Waals surface area contributed by atoms with Gasteiger partial charge in [0.05, 0.1) is 24.8 Å². The number of hydrogen-bond acceptors (Lipinski definition) is 3. The van der Waals surface area contributed by atoms with Crippen molar-refractivity contribution in [3.05, 3.63) is 36.0 Å². The first kappa shape index (κ1) is 11.8. The Hall–Kier alpha value is -1.32. The zero-order chi connectivity index (χ0) is 12.4. The molecule has 3 rings (SSSR count). The predicted octanol–water partition coefficient (Wildman–Crippen LogP) is 2.81. The standard InChI is InChI=1S/C14H15ClN2O/c15-10-12-9-11-3-1-2-4-13(11)14(16-12)17-5-7-18-8-6-17/h1-4,9H,5-8,10H2. The minimum absolute atomic E-state index is 0.447. The lowest BCUT2D eigenvalue weighted by molar-refractivity contribution is 0.122. The summed E-state index contributed by atoms with van der Waals surface area (Å²) in [6.07, 6.45) is 0. The van der Waals surface area contributed by atoms with Crippen molar-refractivity contribution in [3.63, 3.8) is 0 Å². The van der Waals surface area contributed by atoms with Crippen molar-refractivity contribution in [1.29, 1.82) is 0 Å². The van der Waals surface area contributed by atoms with Crippen molar-refractivity contribution >= 4 is 28.2 Å². The van der Waals surface area contributed by atoms with Crippen LogP contribution in [-0.4, -0.2) is 31.3 Å². The fourth-order valence-corrected chi connectivity index (χ4v) is 2.46. The van der Waals surface area contributed by atoms with Crippen molar-refractivity contribution < 1.29 is 4.74 Å². The van der Waals surface area contributed by atoms with Gasteiger partial charge in [-0.2, -0.15) is 0 Å². The first-order chi connectivity index (χ1) is 8.88. The number of benzene rings is 1. The van der Waals surface area contributed by atoms with Crippen LogP contribution in [0.1, 0.15) is 5.69 Å². The molecule has 1 saturated heterocycles. The Bertz CT molecular complexity index is 552. The van der Waals surface area contributed by atoms with E-state index >= 15 is 0 Å². The van der Waals surface area contributed by atoms with Crippen LogP contribution in [0, 0.1) is 0 Å². The second kappa shape index (κ2) is 5.12. The summed E-state index contributed by atoms with van der Waals surface area (Å²) in [5.74, 6) is 1.48. The molecule has 1 aliphatic heterocycles. The minimum Gasteiger partial charge on any atom is -0.378 e. The van der Waals surface area contributed by atoms with Crippen molar-refractivity contribution in [2.45, 2.75) is 5.88 Å². The Morgan fingerprint density at radius 1 is 1.22 bits per heavy atom. The molecule has 3 nitrogen and oxygen atoms in total. The number of pyridine rings is 1. The first-order valence-corrected chi connectivity index (χ1v) is 6.69. The average Bonchev–Trinajstić information content (AvgIpc) is 2.47. The van der Waals surface area contributed by atoms with Crippen molar-refractivity contribution in [2.24, 2.45) is 0 Å². The van der Waals surface area contributed by atoms with Gasteiger partial charge in [0.15, 0.2) is 0 Å². The van der Waals surface area contributed by atoms with Crippen LogP contribution in [0.2, 0.25) is 0 Å². The van der Waals surface area contributed by atoms with Crippen LogP contribution >= 0.6 is 11.6 Å². The first-order valence-electron chi connectivity index (χ1n) is 6.16. The summed E-state index contributed by atoms with van der Waals surface area (Å²) >= 11 is 5.93. The van der Waals surface area contributed by atoms with Crippen LogP contribution in [-0.2, 0) is 10.6 Å². The molecule has 0 saturated carbocycles. The molecule has 0 atom stereocenters. The number of nitrogens with zero attached hydrogens (tertiary/aromatic N) is 2. The van der Waals surface area contributed by atoms with Crippen molar-refractivity contribution in [2.75, 3.05) is 31.2 Å². The van der Waals surface area contributed by atoms with E-state index in [0.717, 1.165) is 37.8 Å². The summed E-state index contributed by atoms with van der Waals surface area (Å²) in [5.41, 5.74) is 0.928. The van der Waals surface area contributed by atoms with Crippen LogP contribution in [0.5, 0.6) is 0 Å². The monoisotopic (exact) mass is 262 g/mol. The van der Waals surface area contributed by atoms with E-state index in [1.54, 1.807) is 0 Å². The minimum atomic E-state index is 0.447. The maximum absolute atomic E-state index is 5.93. The fourth-order valence-electron chi connectivity index (χ4n) is 2.32. The smallest absolute Gasteiger partial charge is 0.136 e. The molecule has 1 aromatic carbocycles. The Morgan fingerprint density at radius 2 is 2.00 bits per heavy atom. The number of alkyl halides is 1. The van der Waals surface area contributed by atoms with Gasteiger partial charge < -0.3 is 9.64 Å². The molecule has 0 radical (unpaired) electrons. The number of ether oxygens (including phenoxy) is 1. The number of hydrogen-bond donors (Lipinski definition) is 0. The van der Waals surface area contributed by atoms with E-state index in [9.17, 15) is 0 Å². The molecular weight excluding hydrogens is 248 g/mol. The summed E-state index contributed by atoms with van der Waals surface area (Å²) in [4.78, 5) is 6.96. The highest BCUT2D eigenvalue weighted by atomic mass is 35.5. The molecule has 2 aromatic rings. The summed E-state index contributed by atoms with van der Waals surface area (Å²) < 4.78 is 5.39. The number of halogens is 1. The van der Waals surface area contributed by atoms with Gasteiger partial charge in [-0.05, 0) is 11.5 Å². The topological polar surface area (TPSA) is 25.4 Å². The van der Waals surface area contributed by atoms with Crippen molar-refractivity contribution in [3.8, 4) is 0 Å². The molecule has 4 heteroatoms. The molecule has 1 aliphatic rings. The molecule has 94 valence electrons. The van der Waals surface area contributed by atoms with Gasteiger partial charge in [-0.3, -0.25) is 0 Å². The summed E-state index contributed by atoms with van der Waals surface area (Å²) in [6, 6.07) is 10.4. The number of rotatable bonds is 2. The SMILES string of the molecule is ClCc1cc2ccccc2c(N2CCOCC2)n1. The molecule has 18 heavy (non-hydrogen) atoms. The Morgan fingerprint density at radius 3 is 2.78 bits per heavy atom. The third kappa shape index (κ3) is 2.16. The maximum Gasteiger partial charge on any atom is 0.136 e. The second-order valence-corrected chi connectivity index (χ2v) is 4.66. The Kier molecular flexibility index (Phi) is 3.35. The van der Waals surface area contributed by atoms with Gasteiger partial charge in [0.1, 0.15) is 5.82 Å². The molecule has 0 unspecified atom stereocenters. The van der Waals surface area contributed by atoms with E-state index in [4.69, 9.17) is 16.3 Å². The molecule has 0 aliphatic carbocycles. The average molecular weight is 263 g/mol. The molecular formula is C14H15ClN2O. The lowest BCUT2D eigenvalue weighted by atomic mass is 10.1. The quantitative estimate of drug-likeness (QED) is 0.779. The highest BCUT2D eigenvalue weighted by Gasteiger charge is 2.15. The highest BCUT2D eigenvalue weighted by molar-refractivity contribution is 6.17. The summed E-state index contributed by atoms with van der Waals surface area (Å²) in [7, 11) is 0. The van der Waals surface area contributed by atoms with E-state index in [2.05, 4.69) is 28.1 Å². The van der Waals surface area contributed by atoms with Gasteiger partial charge in [-0.15, -0.1) is 11.6 Å². The van der Waals surface area contributed by atoms with Crippen LogP contribution in [0.3, 0.4) is 0 Å². The maximum atomic E-state index is 5.93. The Labute approximate surface area is 111 Å². The molecule has 0 bridgehead atoms. The molecule has 1 aromatic heterocycles. The fraction of sp³-hybridized carbons (Fsp3) is 0.357. The molecule has 1 fully saturated rings. The van der Waals surface area contributed by atoms with Gasteiger partial charge >= 0.3 is 0 Å². The van der Waals surface area contributed by atoms with E-state index in [0.29, 0.717) is 5.88 Å². The van der Waals surface area contributed by atoms with Gasteiger partial charge in [0.25, 0.3) is 0 Å². The predicted molar refractivity (Wildman–Crippen MR) is 74.3 cm³/mol. The lowest BCUT2D eigenvalue weighted by Gasteiger charge is -2.29. The van der Waals surface area contributed by atoms with E-state index < -0.39 is 0 Å². The largest absolute Gasteiger partial charge is 0.378 e. The van der Waals surface area contributed by atoms with Crippen LogP contribution in [0.4, 0.5) is 5.82 Å². The second-order valence-electron chi connectivity index (χ2n) is 4.39. The van der Waals surface area contributed by atoms with Crippen LogP contribution in [0.15, 0.2) is 30.3 Å². The highest BCUT2D eigenvalue weighted by Crippen LogP contribution is 2.26. The van der Waals surface area contributed by atoms with Gasteiger partial charge in [0.2, 0.25) is 0 Å². The number of morpholine rings is 1. The normalized spacial score (nSPS) is 16.2. The van der Waals surface area contributed by atoms with E-state index in [1.165, 1.54) is 10.8 Å². The molecule has 0 amide bonds. The third-order valence-corrected chi connectivity index (χ3v) is 3.49. The summed E-state index contributed by atoms with van der Waals surface area (Å²) in [5, 5.41) is 2.39. The molecule has 0 N–H and O–H groups in total. The van der Waals surface area contributed by atoms with Gasteiger partial charge in [-0.1, -0.05) is 24.3 Å². The number of anilines is 1. The van der Waals surface area contributed by atoms with Crippen LogP contribution < -0.4 is 4.90 Å². The summed E-state index contributed by atoms with van der Waals surface area (Å²) in [6.45, 7) is 3.31. The Balaban J connectivity index is 2.12. The molecule has 0 spiro atoms. The third-order valence-electron chi connectivity index (χ3n) is 3.22. The van der Waals surface area contributed by atoms with Crippen LogP contribution in [0.25, 0.3) is 10.8 Å². The van der Waals surface area contributed by atoms with Crippen molar-refractivity contribution in [1.82, 2.24) is 4.98 Å². The van der Waals surface area contributed by atoms with E-state index in [-0.39, 0.29) is 0 Å². The van der Waals surface area contributed by atoms with Gasteiger partial charge in [-0.25, -0.2) is 4.98 Å². The molecule has 2 heterocycles.